The molecular formula is C49H37B2N. The highest BCUT2D eigenvalue weighted by Gasteiger charge is 2.41. The number of nitrogens with zero attached hydrogens (tertiary/aromatic N) is 1. The van der Waals surface area contributed by atoms with Crippen LogP contribution in [0.15, 0.2) is 121 Å². The van der Waals surface area contributed by atoms with Crippen LogP contribution in [0, 0.1) is 20.8 Å². The molecule has 0 spiro atoms. The first-order valence-corrected chi connectivity index (χ1v) is 19.1. The molecule has 0 fully saturated rings. The van der Waals surface area contributed by atoms with Gasteiger partial charge < -0.3 is 4.57 Å². The molecule has 8 aromatic rings. The van der Waals surface area contributed by atoms with E-state index in [9.17, 15) is 0 Å². The van der Waals surface area contributed by atoms with Crippen LogP contribution >= 0.6 is 0 Å². The Bertz CT molecular complexity index is 2850. The third-order valence-corrected chi connectivity index (χ3v) is 13.2. The van der Waals surface area contributed by atoms with Gasteiger partial charge in [0.2, 0.25) is 13.4 Å². The molecule has 3 heteroatoms. The first kappa shape index (κ1) is 29.1. The SMILES string of the molecule is Cc1cc2c3c(c1)Cc1cc4c(cc1B3c1ccccc1C2)B1c2ccccc2Cc2cc(-n3c5c(C)cccc5c5cccc(C)c53)cc(c21)C4. The van der Waals surface area contributed by atoms with Crippen LogP contribution in [0.2, 0.25) is 0 Å². The van der Waals surface area contributed by atoms with E-state index in [1.807, 2.05) is 0 Å². The Morgan fingerprint density at radius 2 is 0.865 bits per heavy atom. The van der Waals surface area contributed by atoms with Crippen molar-refractivity contribution in [3.63, 3.8) is 0 Å². The molecule has 0 saturated heterocycles. The van der Waals surface area contributed by atoms with Crippen LogP contribution < -0.4 is 32.8 Å². The van der Waals surface area contributed by atoms with Gasteiger partial charge in [0.15, 0.2) is 0 Å². The van der Waals surface area contributed by atoms with Crippen molar-refractivity contribution in [2.24, 2.45) is 0 Å². The fraction of sp³-hybridized carbons (Fsp3) is 0.143. The van der Waals surface area contributed by atoms with Gasteiger partial charge in [-0.3, -0.25) is 0 Å². The minimum Gasteiger partial charge on any atom is -0.309 e. The lowest BCUT2D eigenvalue weighted by Gasteiger charge is -2.38. The van der Waals surface area contributed by atoms with Gasteiger partial charge in [-0.1, -0.05) is 148 Å². The lowest BCUT2D eigenvalue weighted by molar-refractivity contribution is 1.09. The van der Waals surface area contributed by atoms with Crippen LogP contribution in [0.3, 0.4) is 0 Å². The molecule has 12 rings (SSSR count). The van der Waals surface area contributed by atoms with Crippen molar-refractivity contribution in [1.82, 2.24) is 4.57 Å². The summed E-state index contributed by atoms with van der Waals surface area (Å²) in [5.41, 5.74) is 29.2. The molecule has 1 aromatic heterocycles. The zero-order chi connectivity index (χ0) is 34.4. The predicted octanol–water partition coefficient (Wildman–Crippen LogP) is 6.36. The summed E-state index contributed by atoms with van der Waals surface area (Å²) in [6.07, 6.45) is 4.01. The molecule has 4 aliphatic rings. The Balaban J connectivity index is 1.11. The average Bonchev–Trinajstić information content (AvgIpc) is 3.50. The highest BCUT2D eigenvalue weighted by Crippen LogP contribution is 2.37. The average molecular weight is 661 g/mol. The highest BCUT2D eigenvalue weighted by atomic mass is 15.0. The van der Waals surface area contributed by atoms with Crippen molar-refractivity contribution in [3.05, 3.63) is 183 Å². The molecule has 0 radical (unpaired) electrons. The number of fused-ring (bicyclic) bond motifs is 11. The first-order valence-electron chi connectivity index (χ1n) is 19.1. The minimum absolute atomic E-state index is 0.248. The van der Waals surface area contributed by atoms with E-state index in [0.29, 0.717) is 6.71 Å². The summed E-state index contributed by atoms with van der Waals surface area (Å²) in [4.78, 5) is 0. The van der Waals surface area contributed by atoms with Crippen molar-refractivity contribution in [3.8, 4) is 5.69 Å². The minimum atomic E-state index is 0.248. The zero-order valence-corrected chi connectivity index (χ0v) is 30.0. The Morgan fingerprint density at radius 3 is 1.38 bits per heavy atom. The maximum absolute atomic E-state index is 2.68. The van der Waals surface area contributed by atoms with Gasteiger partial charge in [-0.25, -0.2) is 0 Å². The second-order valence-electron chi connectivity index (χ2n) is 16.2. The summed E-state index contributed by atoms with van der Waals surface area (Å²) >= 11 is 0. The van der Waals surface area contributed by atoms with Crippen LogP contribution in [0.5, 0.6) is 0 Å². The maximum atomic E-state index is 2.68. The molecule has 5 heterocycles. The van der Waals surface area contributed by atoms with Crippen molar-refractivity contribution < 1.29 is 0 Å². The van der Waals surface area contributed by atoms with Crippen molar-refractivity contribution in [2.75, 3.05) is 0 Å². The van der Waals surface area contributed by atoms with E-state index >= 15 is 0 Å². The van der Waals surface area contributed by atoms with Crippen molar-refractivity contribution in [2.45, 2.75) is 46.5 Å². The lowest BCUT2D eigenvalue weighted by Crippen LogP contribution is -2.65. The molecule has 52 heavy (non-hydrogen) atoms. The summed E-state index contributed by atoms with van der Waals surface area (Å²) in [6.45, 7) is 7.37. The van der Waals surface area contributed by atoms with Gasteiger partial charge >= 0.3 is 0 Å². The van der Waals surface area contributed by atoms with E-state index in [4.69, 9.17) is 0 Å². The summed E-state index contributed by atoms with van der Waals surface area (Å²) in [7, 11) is 0. The summed E-state index contributed by atoms with van der Waals surface area (Å²) in [5, 5.41) is 2.68. The van der Waals surface area contributed by atoms with Crippen molar-refractivity contribution >= 4 is 68.0 Å². The van der Waals surface area contributed by atoms with Crippen LogP contribution in [-0.4, -0.2) is 18.0 Å². The van der Waals surface area contributed by atoms with Gasteiger partial charge in [0.25, 0.3) is 0 Å². The van der Waals surface area contributed by atoms with Crippen LogP contribution in [0.1, 0.15) is 61.2 Å². The number of aryl methyl sites for hydroxylation is 3. The molecule has 0 N–H and O–H groups in total. The van der Waals surface area contributed by atoms with E-state index in [-0.39, 0.29) is 6.71 Å². The number of benzene rings is 7. The topological polar surface area (TPSA) is 4.93 Å². The molecule has 0 unspecified atom stereocenters. The molecule has 244 valence electrons. The monoisotopic (exact) mass is 661 g/mol. The fourth-order valence-corrected chi connectivity index (χ4v) is 11.2. The molecule has 0 atom stereocenters. The van der Waals surface area contributed by atoms with E-state index in [2.05, 4.69) is 147 Å². The standard InChI is InChI=1S/C49H37B2N/c1-28-18-35-20-31-12-4-6-16-42(31)50-44-27-45-34(22-33(44)23-36(19-28)46(35)50)24-38-26-39(25-37-21-32-13-5-7-17-43(32)51(45)47(37)38)52-48-29(2)10-8-14-40(48)41-15-9-11-30(3)49(41)52/h4-19,22,25-27H,20-21,23-24H2,1-3H3. The second kappa shape index (κ2) is 10.3. The van der Waals surface area contributed by atoms with Gasteiger partial charge in [-0.05, 0) is 114 Å². The normalized spacial score (nSPS) is 14.4. The zero-order valence-electron chi connectivity index (χ0n) is 30.0. The van der Waals surface area contributed by atoms with Gasteiger partial charge in [-0.2, -0.15) is 0 Å². The molecule has 1 nitrogen and oxygen atoms in total. The van der Waals surface area contributed by atoms with Gasteiger partial charge in [0, 0.05) is 16.5 Å². The van der Waals surface area contributed by atoms with Crippen molar-refractivity contribution in [1.29, 1.82) is 0 Å². The van der Waals surface area contributed by atoms with Crippen LogP contribution in [-0.2, 0) is 25.7 Å². The number of aromatic nitrogens is 1. The quantitative estimate of drug-likeness (QED) is 0.181. The van der Waals surface area contributed by atoms with E-state index in [1.54, 1.807) is 10.9 Å². The van der Waals surface area contributed by atoms with Crippen LogP contribution in [0.25, 0.3) is 27.5 Å². The summed E-state index contributed by atoms with van der Waals surface area (Å²) in [6, 6.07) is 47.5. The number of para-hydroxylation sites is 2. The number of rotatable bonds is 1. The Labute approximate surface area is 306 Å². The predicted molar refractivity (Wildman–Crippen MR) is 221 cm³/mol. The Morgan fingerprint density at radius 1 is 0.404 bits per heavy atom. The van der Waals surface area contributed by atoms with E-state index in [0.717, 1.165) is 25.7 Å². The molecule has 4 aliphatic heterocycles. The highest BCUT2D eigenvalue weighted by molar-refractivity contribution is 7.00. The molecule has 0 saturated carbocycles. The second-order valence-corrected chi connectivity index (χ2v) is 16.2. The molecule has 0 bridgehead atoms. The van der Waals surface area contributed by atoms with Gasteiger partial charge in [0.1, 0.15) is 0 Å². The first-order chi connectivity index (χ1) is 25.5. The van der Waals surface area contributed by atoms with Gasteiger partial charge in [-0.15, -0.1) is 0 Å². The number of hydrogen-bond acceptors (Lipinski definition) is 0. The Hall–Kier alpha value is -5.53. The third kappa shape index (κ3) is 3.81. The largest absolute Gasteiger partial charge is 0.309 e. The van der Waals surface area contributed by atoms with Gasteiger partial charge in [0.05, 0.1) is 11.0 Å². The summed E-state index contributed by atoms with van der Waals surface area (Å²) < 4.78 is 2.58. The number of hydrogen-bond donors (Lipinski definition) is 0. The third-order valence-electron chi connectivity index (χ3n) is 13.2. The molecule has 0 amide bonds. The Kier molecular flexibility index (Phi) is 5.76. The fourth-order valence-electron chi connectivity index (χ4n) is 11.2. The van der Waals surface area contributed by atoms with Crippen LogP contribution in [0.4, 0.5) is 0 Å². The smallest absolute Gasteiger partial charge is 0.242 e. The molecule has 0 aliphatic carbocycles. The lowest BCUT2D eigenvalue weighted by atomic mass is 9.27. The summed E-state index contributed by atoms with van der Waals surface area (Å²) in [5.74, 6) is 0. The molecular weight excluding hydrogens is 624 g/mol. The maximum Gasteiger partial charge on any atom is 0.242 e. The van der Waals surface area contributed by atoms with E-state index < -0.39 is 0 Å². The van der Waals surface area contributed by atoms with E-state index in [1.165, 1.54) is 111 Å². The molecule has 7 aromatic carbocycles.